The Kier molecular flexibility index (Phi) is 6.64. The van der Waals surface area contributed by atoms with Crippen LogP contribution in [0.4, 0.5) is 5.13 Å². The Hall–Kier alpha value is -2.62. The molecule has 3 rings (SSSR count). The second-order valence-electron chi connectivity index (χ2n) is 7.07. The lowest BCUT2D eigenvalue weighted by molar-refractivity contribution is 0.102. The highest BCUT2D eigenvalue weighted by molar-refractivity contribution is 7.91. The molecule has 0 spiro atoms. The van der Waals surface area contributed by atoms with Gasteiger partial charge in [0, 0.05) is 11.6 Å². The Morgan fingerprint density at radius 3 is 2.43 bits per heavy atom. The fourth-order valence-electron chi connectivity index (χ4n) is 2.97. The van der Waals surface area contributed by atoms with Crippen LogP contribution < -0.4 is 10.0 Å². The number of aromatic nitrogens is 2. The third-order valence-corrected chi connectivity index (χ3v) is 7.56. The normalized spacial score (nSPS) is 12.5. The van der Waals surface area contributed by atoms with Crippen LogP contribution in [0.5, 0.6) is 0 Å². The van der Waals surface area contributed by atoms with Crippen LogP contribution in [-0.2, 0) is 10.0 Å². The van der Waals surface area contributed by atoms with Gasteiger partial charge in [0.1, 0.15) is 0 Å². The van der Waals surface area contributed by atoms with Crippen LogP contribution in [0.1, 0.15) is 52.0 Å². The van der Waals surface area contributed by atoms with Gasteiger partial charge in [-0.25, -0.2) is 13.1 Å². The van der Waals surface area contributed by atoms with E-state index >= 15 is 0 Å². The van der Waals surface area contributed by atoms with Gasteiger partial charge in [-0.15, -0.1) is 10.2 Å². The molecule has 3 aromatic rings. The Morgan fingerprint density at radius 2 is 1.77 bits per heavy atom. The van der Waals surface area contributed by atoms with E-state index in [1.54, 1.807) is 12.1 Å². The molecule has 2 aromatic carbocycles. The van der Waals surface area contributed by atoms with E-state index in [0.717, 1.165) is 33.6 Å². The van der Waals surface area contributed by atoms with Crippen molar-refractivity contribution in [2.24, 2.45) is 0 Å². The topological polar surface area (TPSA) is 101 Å². The number of aryl methyl sites for hydroxylation is 3. The number of benzene rings is 2. The number of anilines is 1. The lowest BCUT2D eigenvalue weighted by atomic mass is 10.0. The molecule has 7 nitrogen and oxygen atoms in total. The van der Waals surface area contributed by atoms with E-state index in [0.29, 0.717) is 12.0 Å². The summed E-state index contributed by atoms with van der Waals surface area (Å²) in [5.74, 6) is -0.359. The minimum atomic E-state index is -3.89. The van der Waals surface area contributed by atoms with Crippen molar-refractivity contribution in [1.29, 1.82) is 0 Å². The van der Waals surface area contributed by atoms with Crippen molar-refractivity contribution in [2.75, 3.05) is 5.32 Å². The summed E-state index contributed by atoms with van der Waals surface area (Å²) in [5, 5.41) is 10.3. The standard InChI is InChI=1S/C21H24N4O3S2/c1-5-18(16-11-10-13(2)15(4)12-16)25-30(27,28)21-24-23-20(29-21)22-19(26)17-9-7-6-8-14(17)3/h6-12,18,25H,5H2,1-4H3,(H,22,23,26)/t18-/m1/s1. The summed E-state index contributed by atoms with van der Waals surface area (Å²) in [7, 11) is -3.89. The molecule has 158 valence electrons. The quantitative estimate of drug-likeness (QED) is 0.533. The third-order valence-electron chi connectivity index (χ3n) is 4.89. The highest BCUT2D eigenvalue weighted by Gasteiger charge is 2.25. The SMILES string of the molecule is CC[C@@H](NS(=O)(=O)c1nnc(NC(=O)c2ccccc2C)s1)c1ccc(C)c(C)c1. The van der Waals surface area contributed by atoms with Crippen LogP contribution in [0.3, 0.4) is 0 Å². The first-order valence-electron chi connectivity index (χ1n) is 9.51. The Bertz CT molecular complexity index is 1170. The highest BCUT2D eigenvalue weighted by Crippen LogP contribution is 2.25. The number of hydrogen-bond donors (Lipinski definition) is 2. The lowest BCUT2D eigenvalue weighted by Crippen LogP contribution is -2.28. The van der Waals surface area contributed by atoms with Gasteiger partial charge in [0.15, 0.2) is 0 Å². The molecule has 2 N–H and O–H groups in total. The van der Waals surface area contributed by atoms with Crippen LogP contribution in [0.2, 0.25) is 0 Å². The minimum Gasteiger partial charge on any atom is -0.296 e. The Morgan fingerprint density at radius 1 is 1.03 bits per heavy atom. The number of carbonyl (C=O) groups excluding carboxylic acids is 1. The molecule has 9 heteroatoms. The molecular weight excluding hydrogens is 420 g/mol. The molecule has 0 saturated carbocycles. The maximum Gasteiger partial charge on any atom is 0.270 e. The molecule has 0 fully saturated rings. The maximum atomic E-state index is 12.8. The van der Waals surface area contributed by atoms with Crippen molar-refractivity contribution in [3.63, 3.8) is 0 Å². The molecule has 0 bridgehead atoms. The summed E-state index contributed by atoms with van der Waals surface area (Å²) in [6.07, 6.45) is 0.581. The second-order valence-corrected chi connectivity index (χ2v) is 9.93. The van der Waals surface area contributed by atoms with Crippen molar-refractivity contribution >= 4 is 32.4 Å². The zero-order valence-electron chi connectivity index (χ0n) is 17.3. The number of rotatable bonds is 7. The molecule has 1 amide bonds. The average Bonchev–Trinajstić information content (AvgIpc) is 3.18. The minimum absolute atomic E-state index is 0.128. The molecule has 0 radical (unpaired) electrons. The summed E-state index contributed by atoms with van der Waals surface area (Å²) in [6, 6.07) is 12.6. The van der Waals surface area contributed by atoms with Gasteiger partial charge in [0.2, 0.25) is 9.47 Å². The number of amides is 1. The van der Waals surface area contributed by atoms with Gasteiger partial charge in [-0.2, -0.15) is 0 Å². The van der Waals surface area contributed by atoms with Crippen LogP contribution in [0.25, 0.3) is 0 Å². The van der Waals surface area contributed by atoms with Gasteiger partial charge in [0.05, 0.1) is 0 Å². The van der Waals surface area contributed by atoms with Crippen LogP contribution in [0.15, 0.2) is 46.8 Å². The maximum absolute atomic E-state index is 12.8. The number of nitrogens with one attached hydrogen (secondary N) is 2. The number of sulfonamides is 1. The zero-order chi connectivity index (χ0) is 21.9. The van der Waals surface area contributed by atoms with Gasteiger partial charge in [-0.05, 0) is 55.5 Å². The summed E-state index contributed by atoms with van der Waals surface area (Å²) in [6.45, 7) is 7.75. The average molecular weight is 445 g/mol. The van der Waals surface area contributed by atoms with Crippen LogP contribution in [-0.4, -0.2) is 24.5 Å². The fourth-order valence-corrected chi connectivity index (χ4v) is 5.19. The van der Waals surface area contributed by atoms with Crippen molar-refractivity contribution in [3.8, 4) is 0 Å². The number of nitrogens with zero attached hydrogens (tertiary/aromatic N) is 2. The molecule has 0 unspecified atom stereocenters. The summed E-state index contributed by atoms with van der Waals surface area (Å²) in [4.78, 5) is 12.4. The first-order valence-corrected chi connectivity index (χ1v) is 11.8. The first kappa shape index (κ1) is 22.1. The van der Waals surface area contributed by atoms with Crippen molar-refractivity contribution in [3.05, 3.63) is 70.3 Å². The van der Waals surface area contributed by atoms with Crippen molar-refractivity contribution in [2.45, 2.75) is 44.5 Å². The Balaban J connectivity index is 1.76. The molecular formula is C21H24N4O3S2. The number of carbonyl (C=O) groups is 1. The highest BCUT2D eigenvalue weighted by atomic mass is 32.2. The van der Waals surface area contributed by atoms with E-state index in [1.165, 1.54) is 0 Å². The van der Waals surface area contributed by atoms with Crippen molar-refractivity contribution < 1.29 is 13.2 Å². The monoisotopic (exact) mass is 444 g/mol. The smallest absolute Gasteiger partial charge is 0.270 e. The summed E-state index contributed by atoms with van der Waals surface area (Å²) >= 11 is 0.817. The molecule has 1 aromatic heterocycles. The van der Waals surface area contributed by atoms with E-state index in [2.05, 4.69) is 20.2 Å². The zero-order valence-corrected chi connectivity index (χ0v) is 18.9. The van der Waals surface area contributed by atoms with Gasteiger partial charge in [0.25, 0.3) is 15.9 Å². The largest absolute Gasteiger partial charge is 0.296 e. The van der Waals surface area contributed by atoms with E-state index in [-0.39, 0.29) is 21.4 Å². The fraction of sp³-hybridized carbons (Fsp3) is 0.286. The third kappa shape index (κ3) is 4.92. The van der Waals surface area contributed by atoms with Crippen molar-refractivity contribution in [1.82, 2.24) is 14.9 Å². The molecule has 0 aliphatic carbocycles. The van der Waals surface area contributed by atoms with Gasteiger partial charge < -0.3 is 0 Å². The van der Waals surface area contributed by atoms with Gasteiger partial charge in [-0.3, -0.25) is 10.1 Å². The number of hydrogen-bond acceptors (Lipinski definition) is 6. The second kappa shape index (κ2) is 9.03. The molecule has 30 heavy (non-hydrogen) atoms. The van der Waals surface area contributed by atoms with Crippen LogP contribution >= 0.6 is 11.3 Å². The van der Waals surface area contributed by atoms with E-state index in [1.807, 2.05) is 58.0 Å². The Labute approximate surface area is 180 Å². The lowest BCUT2D eigenvalue weighted by Gasteiger charge is -2.17. The first-order chi connectivity index (χ1) is 14.2. The summed E-state index contributed by atoms with van der Waals surface area (Å²) < 4.78 is 28.2. The van der Waals surface area contributed by atoms with Crippen LogP contribution in [0, 0.1) is 20.8 Å². The summed E-state index contributed by atoms with van der Waals surface area (Å²) in [5.41, 5.74) is 4.45. The van der Waals surface area contributed by atoms with E-state index < -0.39 is 10.0 Å². The molecule has 0 aliphatic rings. The molecule has 0 saturated heterocycles. The van der Waals surface area contributed by atoms with E-state index in [4.69, 9.17) is 0 Å². The predicted octanol–water partition coefficient (Wildman–Crippen LogP) is 4.15. The van der Waals surface area contributed by atoms with Gasteiger partial charge in [-0.1, -0.05) is 54.7 Å². The molecule has 1 heterocycles. The predicted molar refractivity (Wildman–Crippen MR) is 118 cm³/mol. The van der Waals surface area contributed by atoms with E-state index in [9.17, 15) is 13.2 Å². The molecule has 1 atom stereocenters. The molecule has 0 aliphatic heterocycles. The van der Waals surface area contributed by atoms with Gasteiger partial charge >= 0.3 is 0 Å².